The average Bonchev–Trinajstić information content (AvgIpc) is 3.33. The van der Waals surface area contributed by atoms with Crippen molar-refractivity contribution in [2.45, 2.75) is 26.4 Å². The molecule has 2 amide bonds. The first kappa shape index (κ1) is 21.4. The van der Waals surface area contributed by atoms with Crippen LogP contribution in [-0.4, -0.2) is 50.7 Å². The molecule has 0 atom stereocenters. The Labute approximate surface area is 185 Å². The zero-order chi connectivity index (χ0) is 23.2. The second kappa shape index (κ2) is 7.99. The van der Waals surface area contributed by atoms with E-state index in [1.165, 1.54) is 17.0 Å². The van der Waals surface area contributed by atoms with E-state index in [1.807, 2.05) is 6.92 Å². The number of phenols is 1. The average molecular weight is 436 g/mol. The number of aromatic hydroxyl groups is 1. The van der Waals surface area contributed by atoms with Gasteiger partial charge in [0.05, 0.1) is 24.5 Å². The number of aromatic nitrogens is 2. The summed E-state index contributed by atoms with van der Waals surface area (Å²) in [5.74, 6) is -0.690. The molecule has 4 rings (SSSR count). The SMILES string of the molecule is CCc1cc(O)c(F)cc1-c1ccc(C(=N)c2nc3c([nH]2)CN(C(=O)N(C)C)C3)c(N)c1. The molecule has 0 radical (unpaired) electrons. The standard InChI is InChI=1S/C23H25FN6O2/c1-4-12-8-20(31)16(24)9-15(12)13-5-6-14(17(25)7-13)21(26)22-27-18-10-30(11-19(18)28-22)23(32)29(2)3/h5-9,26,31H,4,10-11,25H2,1-3H3,(H,27,28). The van der Waals surface area contributed by atoms with Gasteiger partial charge in [0.25, 0.3) is 0 Å². The molecule has 2 heterocycles. The highest BCUT2D eigenvalue weighted by atomic mass is 19.1. The molecule has 1 aromatic heterocycles. The second-order valence-electron chi connectivity index (χ2n) is 8.04. The quantitative estimate of drug-likeness (QED) is 0.369. The molecular weight excluding hydrogens is 411 g/mol. The summed E-state index contributed by atoms with van der Waals surface area (Å²) in [7, 11) is 3.40. The number of nitrogens with two attached hydrogens (primary N) is 1. The van der Waals surface area contributed by atoms with Gasteiger partial charge < -0.3 is 25.6 Å². The van der Waals surface area contributed by atoms with E-state index >= 15 is 0 Å². The Morgan fingerprint density at radius 3 is 2.69 bits per heavy atom. The van der Waals surface area contributed by atoms with Crippen molar-refractivity contribution in [2.24, 2.45) is 0 Å². The molecule has 1 aliphatic heterocycles. The van der Waals surface area contributed by atoms with Crippen molar-refractivity contribution in [3.8, 4) is 16.9 Å². The van der Waals surface area contributed by atoms with E-state index in [-0.39, 0.29) is 17.5 Å². The van der Waals surface area contributed by atoms with Crippen molar-refractivity contribution >= 4 is 17.4 Å². The number of H-pyrrole nitrogens is 1. The van der Waals surface area contributed by atoms with Gasteiger partial charge in [-0.15, -0.1) is 0 Å². The van der Waals surface area contributed by atoms with Gasteiger partial charge in [-0.1, -0.05) is 19.1 Å². The molecular formula is C23H25FN6O2. The number of phenolic OH excluding ortho intramolecular Hbond substituents is 1. The molecule has 0 spiro atoms. The van der Waals surface area contributed by atoms with Gasteiger partial charge in [0.2, 0.25) is 0 Å². The minimum absolute atomic E-state index is 0.0926. The molecule has 0 aliphatic carbocycles. The first-order chi connectivity index (χ1) is 15.2. The highest BCUT2D eigenvalue weighted by Gasteiger charge is 2.28. The van der Waals surface area contributed by atoms with Gasteiger partial charge in [-0.2, -0.15) is 0 Å². The third-order valence-corrected chi connectivity index (χ3v) is 5.63. The fourth-order valence-corrected chi connectivity index (χ4v) is 3.92. The lowest BCUT2D eigenvalue weighted by atomic mass is 9.95. The summed E-state index contributed by atoms with van der Waals surface area (Å²) in [4.78, 5) is 23.0. The van der Waals surface area contributed by atoms with E-state index in [2.05, 4.69) is 9.97 Å². The molecule has 5 N–H and O–H groups in total. The van der Waals surface area contributed by atoms with E-state index in [9.17, 15) is 14.3 Å². The number of benzene rings is 2. The maximum absolute atomic E-state index is 14.0. The van der Waals surface area contributed by atoms with Crippen LogP contribution in [0.2, 0.25) is 0 Å². The minimum Gasteiger partial charge on any atom is -0.505 e. The molecule has 0 bridgehead atoms. The number of amides is 2. The van der Waals surface area contributed by atoms with Gasteiger partial charge in [0, 0.05) is 25.3 Å². The Kier molecular flexibility index (Phi) is 5.33. The van der Waals surface area contributed by atoms with Crippen LogP contribution < -0.4 is 5.73 Å². The molecule has 8 nitrogen and oxygen atoms in total. The Hall–Kier alpha value is -3.88. The van der Waals surface area contributed by atoms with Crippen LogP contribution in [-0.2, 0) is 19.5 Å². The summed E-state index contributed by atoms with van der Waals surface area (Å²) in [6.07, 6.45) is 0.617. The zero-order valence-corrected chi connectivity index (χ0v) is 18.2. The molecule has 166 valence electrons. The van der Waals surface area contributed by atoms with Crippen LogP contribution in [0, 0.1) is 11.2 Å². The number of fused-ring (bicyclic) bond motifs is 1. The van der Waals surface area contributed by atoms with Crippen molar-refractivity contribution in [3.05, 3.63) is 64.5 Å². The summed E-state index contributed by atoms with van der Waals surface area (Å²) in [6, 6.07) is 7.82. The van der Waals surface area contributed by atoms with Crippen LogP contribution in [0.5, 0.6) is 5.75 Å². The summed E-state index contributed by atoms with van der Waals surface area (Å²) in [5, 5.41) is 18.2. The molecule has 0 saturated carbocycles. The molecule has 32 heavy (non-hydrogen) atoms. The molecule has 0 saturated heterocycles. The molecule has 3 aromatic rings. The number of aryl methyl sites for hydroxylation is 1. The summed E-state index contributed by atoms with van der Waals surface area (Å²) in [5.41, 5.74) is 11.0. The van der Waals surface area contributed by atoms with Crippen molar-refractivity contribution in [1.29, 1.82) is 5.41 Å². The third kappa shape index (κ3) is 3.66. The second-order valence-corrected chi connectivity index (χ2v) is 8.04. The van der Waals surface area contributed by atoms with E-state index in [4.69, 9.17) is 11.1 Å². The first-order valence-corrected chi connectivity index (χ1v) is 10.2. The lowest BCUT2D eigenvalue weighted by Crippen LogP contribution is -2.35. The van der Waals surface area contributed by atoms with Crippen molar-refractivity contribution in [3.63, 3.8) is 0 Å². The van der Waals surface area contributed by atoms with Crippen molar-refractivity contribution in [2.75, 3.05) is 19.8 Å². The van der Waals surface area contributed by atoms with Crippen LogP contribution in [0.1, 0.15) is 35.3 Å². The molecule has 0 unspecified atom stereocenters. The lowest BCUT2D eigenvalue weighted by molar-refractivity contribution is 0.170. The van der Waals surface area contributed by atoms with E-state index in [0.29, 0.717) is 47.7 Å². The van der Waals surface area contributed by atoms with E-state index in [0.717, 1.165) is 17.0 Å². The summed E-state index contributed by atoms with van der Waals surface area (Å²) >= 11 is 0. The van der Waals surface area contributed by atoms with Crippen LogP contribution in [0.3, 0.4) is 0 Å². The lowest BCUT2D eigenvalue weighted by Gasteiger charge is -2.20. The number of carbonyl (C=O) groups excluding carboxylic acids is 1. The Bertz CT molecular complexity index is 1210. The molecule has 1 aliphatic rings. The van der Waals surface area contributed by atoms with Crippen LogP contribution in [0.4, 0.5) is 14.9 Å². The number of rotatable bonds is 4. The fraction of sp³-hybridized carbons (Fsp3) is 0.261. The number of nitrogens with zero attached hydrogens (tertiary/aromatic N) is 3. The Morgan fingerprint density at radius 1 is 1.31 bits per heavy atom. The number of halogens is 1. The molecule has 2 aromatic carbocycles. The summed E-state index contributed by atoms with van der Waals surface area (Å²) < 4.78 is 14.0. The number of hydrogen-bond acceptors (Lipinski definition) is 5. The number of urea groups is 1. The van der Waals surface area contributed by atoms with E-state index < -0.39 is 5.82 Å². The molecule has 9 heteroatoms. The van der Waals surface area contributed by atoms with Crippen LogP contribution in [0.25, 0.3) is 11.1 Å². The van der Waals surface area contributed by atoms with Gasteiger partial charge >= 0.3 is 6.03 Å². The topological polar surface area (TPSA) is 122 Å². The number of aromatic amines is 1. The highest BCUT2D eigenvalue weighted by molar-refractivity contribution is 6.12. The Balaban J connectivity index is 1.59. The van der Waals surface area contributed by atoms with Crippen molar-refractivity contribution < 1.29 is 14.3 Å². The zero-order valence-electron chi connectivity index (χ0n) is 18.2. The van der Waals surface area contributed by atoms with Gasteiger partial charge in [0.1, 0.15) is 5.71 Å². The van der Waals surface area contributed by atoms with Gasteiger partial charge in [0.15, 0.2) is 17.4 Å². The summed E-state index contributed by atoms with van der Waals surface area (Å²) in [6.45, 7) is 2.72. The third-order valence-electron chi connectivity index (χ3n) is 5.63. The predicted molar refractivity (Wildman–Crippen MR) is 120 cm³/mol. The van der Waals surface area contributed by atoms with Crippen molar-refractivity contribution in [1.82, 2.24) is 19.8 Å². The predicted octanol–water partition coefficient (Wildman–Crippen LogP) is 3.48. The Morgan fingerprint density at radius 2 is 2.06 bits per heavy atom. The van der Waals surface area contributed by atoms with Crippen LogP contribution in [0.15, 0.2) is 30.3 Å². The van der Waals surface area contributed by atoms with E-state index in [1.54, 1.807) is 37.2 Å². The monoisotopic (exact) mass is 436 g/mol. The maximum Gasteiger partial charge on any atom is 0.320 e. The fourth-order valence-electron chi connectivity index (χ4n) is 3.92. The largest absolute Gasteiger partial charge is 0.505 e. The van der Waals surface area contributed by atoms with Crippen LogP contribution >= 0.6 is 0 Å². The van der Waals surface area contributed by atoms with Gasteiger partial charge in [-0.3, -0.25) is 5.41 Å². The number of hydrogen-bond donors (Lipinski definition) is 4. The first-order valence-electron chi connectivity index (χ1n) is 10.2. The molecule has 0 fully saturated rings. The highest BCUT2D eigenvalue weighted by Crippen LogP contribution is 2.32. The smallest absolute Gasteiger partial charge is 0.320 e. The normalized spacial score (nSPS) is 12.7. The van der Waals surface area contributed by atoms with Gasteiger partial charge in [-0.05, 0) is 41.3 Å². The number of imidazole rings is 1. The number of anilines is 1. The number of nitrogens with one attached hydrogen (secondary N) is 2. The minimum atomic E-state index is -0.695. The number of carbonyl (C=O) groups is 1. The van der Waals surface area contributed by atoms with Gasteiger partial charge in [-0.25, -0.2) is 14.2 Å². The maximum atomic E-state index is 14.0. The number of nitrogen functional groups attached to an aromatic ring is 1.